The van der Waals surface area contributed by atoms with Crippen molar-refractivity contribution in [3.05, 3.63) is 47.3 Å². The van der Waals surface area contributed by atoms with Crippen LogP contribution in [0.5, 0.6) is 5.75 Å². The Bertz CT molecular complexity index is 983. The number of tetrazole rings is 1. The number of carboxylic acids is 1. The van der Waals surface area contributed by atoms with Crippen molar-refractivity contribution in [1.82, 2.24) is 30.2 Å². The van der Waals surface area contributed by atoms with Crippen LogP contribution in [0.4, 0.5) is 4.39 Å². The standard InChI is InChI=1S/C17H17ClFN7O3/c18-17-21-7-10(8-22-17)3-4-29-14-2-1-11(5-13(14)19)16-23-25-26(24-16)9-12(20)6-15(27)28/h1-2,5,7-8,12H,3-4,6,9,20H2,(H,27,28). The molecule has 1 aromatic carbocycles. The van der Waals surface area contributed by atoms with E-state index < -0.39 is 17.8 Å². The molecule has 0 spiro atoms. The number of nitrogens with two attached hydrogens (primary N) is 1. The lowest BCUT2D eigenvalue weighted by Crippen LogP contribution is -2.30. The molecule has 12 heteroatoms. The van der Waals surface area contributed by atoms with Crippen LogP contribution < -0.4 is 10.5 Å². The van der Waals surface area contributed by atoms with E-state index in [1.165, 1.54) is 16.9 Å². The Labute approximate surface area is 169 Å². The molecule has 2 heterocycles. The predicted molar refractivity (Wildman–Crippen MR) is 99.7 cm³/mol. The summed E-state index contributed by atoms with van der Waals surface area (Å²) in [5.74, 6) is -1.32. The Morgan fingerprint density at radius 1 is 1.34 bits per heavy atom. The molecule has 3 aromatic rings. The molecule has 1 atom stereocenters. The highest BCUT2D eigenvalue weighted by molar-refractivity contribution is 6.28. The van der Waals surface area contributed by atoms with Gasteiger partial charge in [-0.3, -0.25) is 4.79 Å². The van der Waals surface area contributed by atoms with Crippen LogP contribution in [-0.4, -0.2) is 53.9 Å². The van der Waals surface area contributed by atoms with Crippen LogP contribution >= 0.6 is 11.6 Å². The Morgan fingerprint density at radius 3 is 2.79 bits per heavy atom. The van der Waals surface area contributed by atoms with Gasteiger partial charge >= 0.3 is 5.97 Å². The molecule has 0 saturated heterocycles. The second-order valence-corrected chi connectivity index (χ2v) is 6.47. The smallest absolute Gasteiger partial charge is 0.304 e. The van der Waals surface area contributed by atoms with E-state index >= 15 is 0 Å². The van der Waals surface area contributed by atoms with Gasteiger partial charge in [-0.1, -0.05) is 0 Å². The molecule has 0 aliphatic rings. The summed E-state index contributed by atoms with van der Waals surface area (Å²) in [6, 6.07) is 3.65. The molecular formula is C17H17ClFN7O3. The fourth-order valence-corrected chi connectivity index (χ4v) is 2.54. The average molecular weight is 422 g/mol. The van der Waals surface area contributed by atoms with Gasteiger partial charge in [0.25, 0.3) is 0 Å². The highest BCUT2D eigenvalue weighted by Gasteiger charge is 2.14. The average Bonchev–Trinajstić information content (AvgIpc) is 3.12. The van der Waals surface area contributed by atoms with Crippen molar-refractivity contribution in [2.75, 3.05) is 6.61 Å². The number of ether oxygens (including phenoxy) is 1. The molecule has 0 amide bonds. The predicted octanol–water partition coefficient (Wildman–Crippen LogP) is 1.35. The van der Waals surface area contributed by atoms with Gasteiger partial charge in [0.1, 0.15) is 0 Å². The van der Waals surface area contributed by atoms with Gasteiger partial charge in [-0.15, -0.1) is 10.2 Å². The minimum Gasteiger partial charge on any atom is -0.490 e. The van der Waals surface area contributed by atoms with Gasteiger partial charge in [-0.05, 0) is 40.6 Å². The Morgan fingerprint density at radius 2 is 2.10 bits per heavy atom. The van der Waals surface area contributed by atoms with Crippen LogP contribution in [0.1, 0.15) is 12.0 Å². The lowest BCUT2D eigenvalue weighted by atomic mass is 10.2. The molecule has 0 radical (unpaired) electrons. The molecule has 152 valence electrons. The van der Waals surface area contributed by atoms with Gasteiger partial charge in [0.2, 0.25) is 11.1 Å². The first-order chi connectivity index (χ1) is 13.9. The van der Waals surface area contributed by atoms with Gasteiger partial charge in [-0.25, -0.2) is 14.4 Å². The number of nitrogens with zero attached hydrogens (tertiary/aromatic N) is 6. The monoisotopic (exact) mass is 421 g/mol. The van der Waals surface area contributed by atoms with E-state index in [0.717, 1.165) is 5.56 Å². The molecular weight excluding hydrogens is 405 g/mol. The Hall–Kier alpha value is -3.18. The van der Waals surface area contributed by atoms with E-state index in [4.69, 9.17) is 27.2 Å². The maximum atomic E-state index is 14.3. The van der Waals surface area contributed by atoms with Crippen LogP contribution in [0.25, 0.3) is 11.4 Å². The first-order valence-corrected chi connectivity index (χ1v) is 8.93. The van der Waals surface area contributed by atoms with Gasteiger partial charge in [-0.2, -0.15) is 4.80 Å². The lowest BCUT2D eigenvalue weighted by Gasteiger charge is -2.08. The molecule has 10 nitrogen and oxygen atoms in total. The van der Waals surface area contributed by atoms with Crippen LogP contribution in [0, 0.1) is 5.82 Å². The van der Waals surface area contributed by atoms with Crippen molar-refractivity contribution < 1.29 is 19.0 Å². The van der Waals surface area contributed by atoms with Crippen LogP contribution in [0.2, 0.25) is 5.28 Å². The number of halogens is 2. The summed E-state index contributed by atoms with van der Waals surface area (Å²) in [7, 11) is 0. The van der Waals surface area contributed by atoms with Gasteiger partial charge < -0.3 is 15.6 Å². The maximum absolute atomic E-state index is 14.3. The zero-order valence-electron chi connectivity index (χ0n) is 15.1. The summed E-state index contributed by atoms with van der Waals surface area (Å²) in [6.45, 7) is 0.314. The van der Waals surface area contributed by atoms with E-state index in [2.05, 4.69) is 25.4 Å². The molecule has 2 aromatic heterocycles. The summed E-state index contributed by atoms with van der Waals surface area (Å²) >= 11 is 5.62. The fraction of sp³-hybridized carbons (Fsp3) is 0.294. The third kappa shape index (κ3) is 5.90. The minimum atomic E-state index is -1.01. The largest absolute Gasteiger partial charge is 0.490 e. The van der Waals surface area contributed by atoms with Crippen molar-refractivity contribution in [3.63, 3.8) is 0 Å². The zero-order valence-corrected chi connectivity index (χ0v) is 15.8. The van der Waals surface area contributed by atoms with E-state index in [9.17, 15) is 9.18 Å². The van der Waals surface area contributed by atoms with Crippen molar-refractivity contribution in [3.8, 4) is 17.1 Å². The van der Waals surface area contributed by atoms with Gasteiger partial charge in [0.15, 0.2) is 11.6 Å². The van der Waals surface area contributed by atoms with Crippen molar-refractivity contribution in [2.45, 2.75) is 25.4 Å². The second-order valence-electron chi connectivity index (χ2n) is 6.13. The molecule has 0 bridgehead atoms. The van der Waals surface area contributed by atoms with E-state index in [1.807, 2.05) is 0 Å². The normalized spacial score (nSPS) is 12.0. The summed E-state index contributed by atoms with van der Waals surface area (Å²) in [6.07, 6.45) is 3.43. The van der Waals surface area contributed by atoms with Crippen molar-refractivity contribution in [1.29, 1.82) is 0 Å². The second kappa shape index (κ2) is 9.34. The van der Waals surface area contributed by atoms with E-state index in [1.54, 1.807) is 18.5 Å². The maximum Gasteiger partial charge on any atom is 0.304 e. The van der Waals surface area contributed by atoms with Crippen molar-refractivity contribution in [2.24, 2.45) is 5.73 Å². The number of aromatic nitrogens is 6. The number of carbonyl (C=O) groups is 1. The number of rotatable bonds is 9. The third-order valence-electron chi connectivity index (χ3n) is 3.80. The van der Waals surface area contributed by atoms with E-state index in [0.29, 0.717) is 12.0 Å². The topological polar surface area (TPSA) is 142 Å². The summed E-state index contributed by atoms with van der Waals surface area (Å²) in [5.41, 5.74) is 6.91. The lowest BCUT2D eigenvalue weighted by molar-refractivity contribution is -0.137. The molecule has 0 saturated carbocycles. The molecule has 0 fully saturated rings. The van der Waals surface area contributed by atoms with Crippen LogP contribution in [0.3, 0.4) is 0 Å². The number of benzene rings is 1. The molecule has 3 rings (SSSR count). The Kier molecular flexibility index (Phi) is 6.62. The highest BCUT2D eigenvalue weighted by atomic mass is 35.5. The van der Waals surface area contributed by atoms with Crippen LogP contribution in [0.15, 0.2) is 30.6 Å². The molecule has 0 aliphatic carbocycles. The summed E-state index contributed by atoms with van der Waals surface area (Å²) in [5, 5.41) is 20.6. The molecule has 3 N–H and O–H groups in total. The first kappa shape index (κ1) is 20.6. The molecule has 29 heavy (non-hydrogen) atoms. The minimum absolute atomic E-state index is 0.0807. The van der Waals surface area contributed by atoms with Gasteiger partial charge in [0.05, 0.1) is 19.6 Å². The molecule has 0 aliphatic heterocycles. The number of hydrogen-bond donors (Lipinski definition) is 2. The van der Waals surface area contributed by atoms with E-state index in [-0.39, 0.29) is 36.4 Å². The number of hydrogen-bond acceptors (Lipinski definition) is 8. The number of carboxylic acid groups (broad SMARTS) is 1. The Balaban J connectivity index is 1.59. The third-order valence-corrected chi connectivity index (χ3v) is 3.99. The summed E-state index contributed by atoms with van der Waals surface area (Å²) < 4.78 is 19.8. The van der Waals surface area contributed by atoms with Crippen molar-refractivity contribution >= 4 is 17.6 Å². The highest BCUT2D eigenvalue weighted by Crippen LogP contribution is 2.23. The SMILES string of the molecule is NC(CC(=O)O)Cn1nnc(-c2ccc(OCCc3cnc(Cl)nc3)c(F)c2)n1. The number of aliphatic carboxylic acids is 1. The zero-order chi connectivity index (χ0) is 20.8. The quantitative estimate of drug-likeness (QED) is 0.489. The fourth-order valence-electron chi connectivity index (χ4n) is 2.44. The summed E-state index contributed by atoms with van der Waals surface area (Å²) in [4.78, 5) is 19.6. The first-order valence-electron chi connectivity index (χ1n) is 8.55. The van der Waals surface area contributed by atoms with Gasteiger partial charge in [0, 0.05) is 30.4 Å². The van der Waals surface area contributed by atoms with Crippen LogP contribution in [-0.2, 0) is 17.8 Å². The molecule has 1 unspecified atom stereocenters.